The van der Waals surface area contributed by atoms with Crippen LogP contribution in [0.25, 0.3) is 0 Å². The number of aromatic nitrogens is 1. The van der Waals surface area contributed by atoms with E-state index in [4.69, 9.17) is 4.74 Å². The smallest absolute Gasteiger partial charge is 0.320 e. The van der Waals surface area contributed by atoms with Crippen molar-refractivity contribution in [3.05, 3.63) is 90.3 Å². The van der Waals surface area contributed by atoms with E-state index in [1.54, 1.807) is 37.6 Å². The van der Waals surface area contributed by atoms with Gasteiger partial charge in [-0.25, -0.2) is 4.79 Å². The molecule has 0 radical (unpaired) electrons. The van der Waals surface area contributed by atoms with Gasteiger partial charge in [-0.2, -0.15) is 0 Å². The van der Waals surface area contributed by atoms with Gasteiger partial charge in [0.25, 0.3) is 0 Å². The van der Waals surface area contributed by atoms with Gasteiger partial charge in [0.1, 0.15) is 5.75 Å². The lowest BCUT2D eigenvalue weighted by molar-refractivity contribution is 0.250. The predicted octanol–water partition coefficient (Wildman–Crippen LogP) is 4.00. The van der Waals surface area contributed by atoms with Gasteiger partial charge in [0, 0.05) is 11.9 Å². The van der Waals surface area contributed by atoms with Crippen LogP contribution in [0.2, 0.25) is 0 Å². The lowest BCUT2D eigenvalue weighted by atomic mass is 10.0. The van der Waals surface area contributed by atoms with Crippen LogP contribution < -0.4 is 15.4 Å². The number of hydrogen-bond acceptors (Lipinski definition) is 3. The number of benzene rings is 2. The molecule has 2 aromatic carbocycles. The number of hydrogen-bond donors (Lipinski definition) is 2. The number of ether oxygens (including phenoxy) is 1. The number of methoxy groups -OCH3 is 1. The van der Waals surface area contributed by atoms with Gasteiger partial charge in [-0.15, -0.1) is 0 Å². The van der Waals surface area contributed by atoms with Crippen molar-refractivity contribution in [1.82, 2.24) is 10.3 Å². The number of anilines is 1. The molecule has 0 spiro atoms. The third-order valence-electron chi connectivity index (χ3n) is 3.74. The summed E-state index contributed by atoms with van der Waals surface area (Å²) in [5.74, 6) is 0.738. The van der Waals surface area contributed by atoms with Crippen LogP contribution in [0.15, 0.2) is 79.0 Å². The van der Waals surface area contributed by atoms with Gasteiger partial charge in [-0.05, 0) is 42.0 Å². The molecule has 0 fully saturated rings. The average Bonchev–Trinajstić information content (AvgIpc) is 2.68. The summed E-state index contributed by atoms with van der Waals surface area (Å²) < 4.78 is 5.12. The Morgan fingerprint density at radius 3 is 2.32 bits per heavy atom. The normalized spacial score (nSPS) is 11.4. The summed E-state index contributed by atoms with van der Waals surface area (Å²) in [7, 11) is 1.60. The molecule has 0 saturated carbocycles. The van der Waals surface area contributed by atoms with Crippen LogP contribution in [0.5, 0.6) is 5.75 Å². The lowest BCUT2D eigenvalue weighted by Crippen LogP contribution is -2.33. The van der Waals surface area contributed by atoms with Gasteiger partial charge in [-0.1, -0.05) is 36.4 Å². The van der Waals surface area contributed by atoms with Gasteiger partial charge in [-0.3, -0.25) is 4.98 Å². The van der Waals surface area contributed by atoms with Crippen molar-refractivity contribution in [3.63, 3.8) is 0 Å². The molecule has 0 saturated heterocycles. The largest absolute Gasteiger partial charge is 0.497 e. The molecule has 0 aliphatic carbocycles. The van der Waals surface area contributed by atoms with E-state index in [2.05, 4.69) is 15.6 Å². The monoisotopic (exact) mass is 333 g/mol. The van der Waals surface area contributed by atoms with Crippen molar-refractivity contribution in [1.29, 1.82) is 0 Å². The first-order valence-corrected chi connectivity index (χ1v) is 7.94. The first kappa shape index (κ1) is 16.5. The van der Waals surface area contributed by atoms with Gasteiger partial charge >= 0.3 is 6.03 Å². The highest BCUT2D eigenvalue weighted by Gasteiger charge is 2.17. The molecule has 1 heterocycles. The van der Waals surface area contributed by atoms with E-state index in [-0.39, 0.29) is 12.1 Å². The van der Waals surface area contributed by atoms with Gasteiger partial charge in [0.05, 0.1) is 18.8 Å². The molecule has 0 aliphatic rings. The fraction of sp³-hybridized carbons (Fsp3) is 0.100. The van der Waals surface area contributed by atoms with Crippen molar-refractivity contribution < 1.29 is 9.53 Å². The summed E-state index contributed by atoms with van der Waals surface area (Å²) in [4.78, 5) is 16.8. The number of carbonyl (C=O) groups is 1. The number of pyridine rings is 1. The maximum atomic E-state index is 12.4. The number of amides is 2. The van der Waals surface area contributed by atoms with E-state index in [0.29, 0.717) is 5.69 Å². The third kappa shape index (κ3) is 4.35. The Kier molecular flexibility index (Phi) is 5.26. The Morgan fingerprint density at radius 2 is 1.68 bits per heavy atom. The topological polar surface area (TPSA) is 63.2 Å². The minimum Gasteiger partial charge on any atom is -0.497 e. The number of carbonyl (C=O) groups excluding carboxylic acids is 1. The van der Waals surface area contributed by atoms with Crippen molar-refractivity contribution in [2.24, 2.45) is 0 Å². The van der Waals surface area contributed by atoms with Crippen molar-refractivity contribution in [3.8, 4) is 5.75 Å². The van der Waals surface area contributed by atoms with E-state index in [1.165, 1.54) is 0 Å². The number of nitrogens with one attached hydrogen (secondary N) is 2. The van der Waals surface area contributed by atoms with E-state index >= 15 is 0 Å². The molecule has 5 heteroatoms. The minimum absolute atomic E-state index is 0.301. The summed E-state index contributed by atoms with van der Waals surface area (Å²) in [6.07, 6.45) is 1.72. The standard InChI is InChI=1S/C20H19N3O2/c1-25-17-12-10-16(11-13-17)22-20(24)23-19(15-7-3-2-4-8-15)18-9-5-6-14-21-18/h2-14,19H,1H3,(H2,22,23,24). The minimum atomic E-state index is -0.333. The van der Waals surface area contributed by atoms with Crippen molar-refractivity contribution >= 4 is 11.7 Å². The zero-order valence-corrected chi connectivity index (χ0v) is 13.8. The Labute approximate surface area is 146 Å². The lowest BCUT2D eigenvalue weighted by Gasteiger charge is -2.19. The Morgan fingerprint density at radius 1 is 0.960 bits per heavy atom. The third-order valence-corrected chi connectivity index (χ3v) is 3.74. The molecule has 0 aliphatic heterocycles. The Bertz CT molecular complexity index is 766. The van der Waals surface area contributed by atoms with Crippen LogP contribution in [-0.4, -0.2) is 18.1 Å². The molecular weight excluding hydrogens is 314 g/mol. The molecular formula is C20H19N3O2. The maximum Gasteiger partial charge on any atom is 0.320 e. The average molecular weight is 333 g/mol. The number of urea groups is 1. The summed E-state index contributed by atoms with van der Waals surface area (Å²) in [5, 5.41) is 5.81. The van der Waals surface area contributed by atoms with Gasteiger partial charge in [0.2, 0.25) is 0 Å². The Hall–Kier alpha value is -3.34. The molecule has 1 unspecified atom stereocenters. The van der Waals surface area contributed by atoms with Crippen LogP contribution in [0.1, 0.15) is 17.3 Å². The molecule has 2 N–H and O–H groups in total. The fourth-order valence-corrected chi connectivity index (χ4v) is 2.49. The molecule has 1 atom stereocenters. The summed E-state index contributed by atoms with van der Waals surface area (Å²) in [5.41, 5.74) is 2.43. The van der Waals surface area contributed by atoms with Crippen molar-refractivity contribution in [2.45, 2.75) is 6.04 Å². The molecule has 3 aromatic rings. The van der Waals surface area contributed by atoms with E-state index in [1.807, 2.05) is 48.5 Å². The highest BCUT2D eigenvalue weighted by atomic mass is 16.5. The van der Waals surface area contributed by atoms with Crippen LogP contribution in [0.3, 0.4) is 0 Å². The summed E-state index contributed by atoms with van der Waals surface area (Å²) in [6.45, 7) is 0. The van der Waals surface area contributed by atoms with Crippen LogP contribution >= 0.6 is 0 Å². The first-order chi connectivity index (χ1) is 12.3. The first-order valence-electron chi connectivity index (χ1n) is 7.94. The SMILES string of the molecule is COc1ccc(NC(=O)NC(c2ccccc2)c2ccccn2)cc1. The zero-order valence-electron chi connectivity index (χ0n) is 13.8. The molecule has 2 amide bonds. The molecule has 25 heavy (non-hydrogen) atoms. The molecule has 0 bridgehead atoms. The molecule has 1 aromatic heterocycles. The van der Waals surface area contributed by atoms with Crippen LogP contribution in [0.4, 0.5) is 10.5 Å². The fourth-order valence-electron chi connectivity index (χ4n) is 2.49. The van der Waals surface area contributed by atoms with E-state index < -0.39 is 0 Å². The molecule has 5 nitrogen and oxygen atoms in total. The molecule has 3 rings (SSSR count). The molecule has 126 valence electrons. The highest BCUT2D eigenvalue weighted by molar-refractivity contribution is 5.89. The van der Waals surface area contributed by atoms with E-state index in [0.717, 1.165) is 17.0 Å². The van der Waals surface area contributed by atoms with Crippen LogP contribution in [0, 0.1) is 0 Å². The van der Waals surface area contributed by atoms with E-state index in [9.17, 15) is 4.79 Å². The second-order valence-corrected chi connectivity index (χ2v) is 5.43. The van der Waals surface area contributed by atoms with Gasteiger partial charge in [0.15, 0.2) is 0 Å². The predicted molar refractivity (Wildman–Crippen MR) is 97.7 cm³/mol. The number of rotatable bonds is 5. The van der Waals surface area contributed by atoms with Gasteiger partial charge < -0.3 is 15.4 Å². The number of nitrogens with zero attached hydrogens (tertiary/aromatic N) is 1. The van der Waals surface area contributed by atoms with Crippen molar-refractivity contribution in [2.75, 3.05) is 12.4 Å². The summed E-state index contributed by atoms with van der Waals surface area (Å²) in [6, 6.07) is 21.9. The maximum absolute atomic E-state index is 12.4. The van der Waals surface area contributed by atoms with Crippen LogP contribution in [-0.2, 0) is 0 Å². The second kappa shape index (κ2) is 7.97. The Balaban J connectivity index is 1.76. The highest BCUT2D eigenvalue weighted by Crippen LogP contribution is 2.20. The zero-order chi connectivity index (χ0) is 17.5. The quantitative estimate of drug-likeness (QED) is 0.742. The summed E-state index contributed by atoms with van der Waals surface area (Å²) >= 11 is 0. The second-order valence-electron chi connectivity index (χ2n) is 5.43.